The second-order valence-electron chi connectivity index (χ2n) is 6.50. The van der Waals surface area contributed by atoms with E-state index in [9.17, 15) is 0 Å². The summed E-state index contributed by atoms with van der Waals surface area (Å²) in [5.74, 6) is 1.77. The molecule has 0 bridgehead atoms. The maximum atomic E-state index is 4.29. The molecule has 1 aromatic rings. The molecule has 4 heteroatoms. The highest BCUT2D eigenvalue weighted by Crippen LogP contribution is 2.27. The Bertz CT molecular complexity index is 461. The molecule has 3 nitrogen and oxygen atoms in total. The van der Waals surface area contributed by atoms with Gasteiger partial charge in [0.1, 0.15) is 0 Å². The molecule has 1 fully saturated rings. The number of hydrogen-bond acceptors (Lipinski definition) is 1. The number of nitrogens with zero attached hydrogens (tertiary/aromatic N) is 1. The van der Waals surface area contributed by atoms with E-state index in [1.807, 2.05) is 7.05 Å². The van der Waals surface area contributed by atoms with Crippen LogP contribution in [0.15, 0.2) is 29.3 Å². The summed E-state index contributed by atoms with van der Waals surface area (Å²) in [6, 6.07) is 8.79. The van der Waals surface area contributed by atoms with Gasteiger partial charge in [-0.1, -0.05) is 43.7 Å². The van der Waals surface area contributed by atoms with Gasteiger partial charge in [-0.3, -0.25) is 4.99 Å². The number of rotatable bonds is 5. The zero-order chi connectivity index (χ0) is 14.6. The fourth-order valence-electron chi connectivity index (χ4n) is 2.20. The normalized spacial score (nSPS) is 15.3. The largest absolute Gasteiger partial charge is 0.356 e. The zero-order valence-electron chi connectivity index (χ0n) is 13.6. The monoisotopic (exact) mass is 401 g/mol. The molecule has 21 heavy (non-hydrogen) atoms. The zero-order valence-corrected chi connectivity index (χ0v) is 15.9. The van der Waals surface area contributed by atoms with Gasteiger partial charge in [-0.25, -0.2) is 0 Å². The first-order valence-electron chi connectivity index (χ1n) is 7.53. The van der Waals surface area contributed by atoms with Crippen LogP contribution in [-0.2, 0) is 5.41 Å². The van der Waals surface area contributed by atoms with Crippen molar-refractivity contribution in [3.05, 3.63) is 35.4 Å². The van der Waals surface area contributed by atoms with Crippen LogP contribution >= 0.6 is 24.0 Å². The van der Waals surface area contributed by atoms with Gasteiger partial charge in [-0.15, -0.1) is 24.0 Å². The molecule has 0 radical (unpaired) electrons. The van der Waals surface area contributed by atoms with E-state index in [2.05, 4.69) is 60.7 Å². The lowest BCUT2D eigenvalue weighted by atomic mass is 9.84. The van der Waals surface area contributed by atoms with Gasteiger partial charge in [-0.2, -0.15) is 0 Å². The molecule has 0 heterocycles. The van der Waals surface area contributed by atoms with E-state index >= 15 is 0 Å². The van der Waals surface area contributed by atoms with Crippen molar-refractivity contribution in [3.63, 3.8) is 0 Å². The predicted molar refractivity (Wildman–Crippen MR) is 102 cm³/mol. The molecule has 0 unspecified atom stereocenters. The lowest BCUT2D eigenvalue weighted by molar-refractivity contribution is 0.508. The van der Waals surface area contributed by atoms with Crippen LogP contribution in [0.3, 0.4) is 0 Å². The van der Waals surface area contributed by atoms with Crippen LogP contribution in [0.5, 0.6) is 0 Å². The topological polar surface area (TPSA) is 36.4 Å². The third-order valence-corrected chi connectivity index (χ3v) is 4.01. The van der Waals surface area contributed by atoms with Crippen LogP contribution in [0.1, 0.15) is 37.8 Å². The Labute approximate surface area is 146 Å². The molecule has 0 atom stereocenters. The van der Waals surface area contributed by atoms with Gasteiger partial charge < -0.3 is 10.6 Å². The molecule has 0 aliphatic heterocycles. The average Bonchev–Trinajstić information content (AvgIpc) is 3.23. The second kappa shape index (κ2) is 8.01. The first kappa shape index (κ1) is 18.3. The highest BCUT2D eigenvalue weighted by atomic mass is 127. The third-order valence-electron chi connectivity index (χ3n) is 4.01. The fourth-order valence-corrected chi connectivity index (χ4v) is 2.20. The molecule has 2 N–H and O–H groups in total. The first-order chi connectivity index (χ1) is 9.51. The second-order valence-corrected chi connectivity index (χ2v) is 6.50. The molecular formula is C17H28IN3. The SMILES string of the molecule is CN=C(NCC1CC1)NCC(C)(C)c1ccc(C)cc1.I. The summed E-state index contributed by atoms with van der Waals surface area (Å²) in [6.45, 7) is 8.57. The van der Waals surface area contributed by atoms with Crippen molar-refractivity contribution in [1.82, 2.24) is 10.6 Å². The molecule has 1 aliphatic carbocycles. The lowest BCUT2D eigenvalue weighted by Crippen LogP contribution is -2.44. The minimum atomic E-state index is 0. The maximum absolute atomic E-state index is 4.29. The van der Waals surface area contributed by atoms with Crippen LogP contribution in [0.4, 0.5) is 0 Å². The molecule has 1 aromatic carbocycles. The van der Waals surface area contributed by atoms with E-state index in [0.717, 1.165) is 25.0 Å². The molecule has 0 aromatic heterocycles. The van der Waals surface area contributed by atoms with E-state index < -0.39 is 0 Å². The Morgan fingerprint density at radius 3 is 2.33 bits per heavy atom. The number of guanidine groups is 1. The standard InChI is InChI=1S/C17H27N3.HI/c1-13-5-9-15(10-6-13)17(2,3)12-20-16(18-4)19-11-14-7-8-14;/h5-6,9-10,14H,7-8,11-12H2,1-4H3,(H2,18,19,20);1H. The predicted octanol–water partition coefficient (Wildman–Crippen LogP) is 3.47. The molecule has 0 spiro atoms. The smallest absolute Gasteiger partial charge is 0.191 e. The van der Waals surface area contributed by atoms with Crippen LogP contribution < -0.4 is 10.6 Å². The van der Waals surface area contributed by atoms with Crippen LogP contribution in [0.2, 0.25) is 0 Å². The average molecular weight is 401 g/mol. The number of aliphatic imine (C=N–C) groups is 1. The van der Waals surface area contributed by atoms with E-state index in [1.165, 1.54) is 24.0 Å². The van der Waals surface area contributed by atoms with E-state index in [4.69, 9.17) is 0 Å². The minimum absolute atomic E-state index is 0. The molecule has 118 valence electrons. The summed E-state index contributed by atoms with van der Waals surface area (Å²) < 4.78 is 0. The highest BCUT2D eigenvalue weighted by molar-refractivity contribution is 14.0. The maximum Gasteiger partial charge on any atom is 0.191 e. The van der Waals surface area contributed by atoms with Crippen molar-refractivity contribution in [1.29, 1.82) is 0 Å². The van der Waals surface area contributed by atoms with Crippen molar-refractivity contribution in [2.24, 2.45) is 10.9 Å². The number of benzene rings is 1. The van der Waals surface area contributed by atoms with Gasteiger partial charge in [0.05, 0.1) is 0 Å². The Hall–Kier alpha value is -0.780. The summed E-state index contributed by atoms with van der Waals surface area (Å²) >= 11 is 0. The molecule has 2 rings (SSSR count). The lowest BCUT2D eigenvalue weighted by Gasteiger charge is -2.27. The fraction of sp³-hybridized carbons (Fsp3) is 0.588. The van der Waals surface area contributed by atoms with E-state index in [0.29, 0.717) is 0 Å². The van der Waals surface area contributed by atoms with Crippen molar-refractivity contribution in [2.45, 2.75) is 39.0 Å². The van der Waals surface area contributed by atoms with Crippen molar-refractivity contribution < 1.29 is 0 Å². The number of nitrogens with one attached hydrogen (secondary N) is 2. The van der Waals surface area contributed by atoms with Crippen molar-refractivity contribution in [3.8, 4) is 0 Å². The van der Waals surface area contributed by atoms with Crippen LogP contribution in [0.25, 0.3) is 0 Å². The summed E-state index contributed by atoms with van der Waals surface area (Å²) in [5.41, 5.74) is 2.75. The van der Waals surface area contributed by atoms with Crippen LogP contribution in [0, 0.1) is 12.8 Å². The number of hydrogen-bond donors (Lipinski definition) is 2. The van der Waals surface area contributed by atoms with Gasteiger partial charge >= 0.3 is 0 Å². The Morgan fingerprint density at radius 2 is 1.81 bits per heavy atom. The Kier molecular flexibility index (Phi) is 6.97. The summed E-state index contributed by atoms with van der Waals surface area (Å²) in [5, 5.41) is 6.85. The molecule has 1 aliphatic rings. The molecule has 1 saturated carbocycles. The minimum Gasteiger partial charge on any atom is -0.356 e. The van der Waals surface area contributed by atoms with Gasteiger partial charge in [0, 0.05) is 25.6 Å². The van der Waals surface area contributed by atoms with Crippen LogP contribution in [-0.4, -0.2) is 26.1 Å². The highest BCUT2D eigenvalue weighted by Gasteiger charge is 2.23. The Morgan fingerprint density at radius 1 is 1.19 bits per heavy atom. The number of halogens is 1. The third kappa shape index (κ3) is 5.85. The molecule has 0 saturated heterocycles. The van der Waals surface area contributed by atoms with Gasteiger partial charge in [-0.05, 0) is 31.2 Å². The summed E-state index contributed by atoms with van der Waals surface area (Å²) in [6.07, 6.45) is 2.72. The summed E-state index contributed by atoms with van der Waals surface area (Å²) in [7, 11) is 1.83. The van der Waals surface area contributed by atoms with E-state index in [1.54, 1.807) is 0 Å². The van der Waals surface area contributed by atoms with Gasteiger partial charge in [0.25, 0.3) is 0 Å². The first-order valence-corrected chi connectivity index (χ1v) is 7.53. The van der Waals surface area contributed by atoms with Crippen molar-refractivity contribution >= 4 is 29.9 Å². The van der Waals surface area contributed by atoms with E-state index in [-0.39, 0.29) is 29.4 Å². The van der Waals surface area contributed by atoms with Crippen molar-refractivity contribution in [2.75, 3.05) is 20.1 Å². The quantitative estimate of drug-likeness (QED) is 0.451. The molecule has 0 amide bonds. The molecular weight excluding hydrogens is 373 g/mol. The van der Waals surface area contributed by atoms with Gasteiger partial charge in [0.2, 0.25) is 0 Å². The number of aryl methyl sites for hydroxylation is 1. The summed E-state index contributed by atoms with van der Waals surface area (Å²) in [4.78, 5) is 4.29. The Balaban J connectivity index is 0.00000220. The van der Waals surface area contributed by atoms with Gasteiger partial charge in [0.15, 0.2) is 5.96 Å².